The zero-order valence-corrected chi connectivity index (χ0v) is 20.3. The third-order valence-electron chi connectivity index (χ3n) is 7.67. The number of nitrogens with one attached hydrogen (secondary N) is 2. The number of halogens is 3. The second-order valence-electron chi connectivity index (χ2n) is 9.92. The third kappa shape index (κ3) is 6.31. The van der Waals surface area contributed by atoms with Crippen molar-refractivity contribution in [2.24, 2.45) is 29.6 Å². The van der Waals surface area contributed by atoms with E-state index in [0.717, 1.165) is 64.6 Å². The van der Waals surface area contributed by atoms with Crippen molar-refractivity contribution in [1.29, 1.82) is 0 Å². The number of nitrogens with zero attached hydrogens (tertiary/aromatic N) is 2. The van der Waals surface area contributed by atoms with Crippen LogP contribution in [-0.4, -0.2) is 51.2 Å². The first-order valence-corrected chi connectivity index (χ1v) is 13.2. The Morgan fingerprint density at radius 3 is 2.65 bits per heavy atom. The molecule has 0 aromatic carbocycles. The lowest BCUT2D eigenvalue weighted by Gasteiger charge is -2.42. The molecular formula is C23H35Cl3N4O. The molecule has 1 amide bonds. The van der Waals surface area contributed by atoms with Gasteiger partial charge in [-0.15, -0.1) is 34.8 Å². The largest absolute Gasteiger partial charge is 0.356 e. The molecule has 0 spiro atoms. The average Bonchev–Trinajstić information content (AvgIpc) is 3.27. The molecule has 8 unspecified atom stereocenters. The Bertz CT molecular complexity index is 703. The Morgan fingerprint density at radius 2 is 1.90 bits per heavy atom. The summed E-state index contributed by atoms with van der Waals surface area (Å²) in [5.74, 6) is 2.16. The highest BCUT2D eigenvalue weighted by molar-refractivity contribution is 6.30. The maximum atomic E-state index is 13.2. The molecule has 8 heteroatoms. The molecule has 174 valence electrons. The summed E-state index contributed by atoms with van der Waals surface area (Å²) in [4.78, 5) is 17.4. The summed E-state index contributed by atoms with van der Waals surface area (Å²) in [5.41, 5.74) is 0. The first-order chi connectivity index (χ1) is 15.0. The monoisotopic (exact) mass is 488 g/mol. The van der Waals surface area contributed by atoms with Crippen molar-refractivity contribution in [1.82, 2.24) is 20.2 Å². The van der Waals surface area contributed by atoms with Gasteiger partial charge in [-0.3, -0.25) is 4.79 Å². The van der Waals surface area contributed by atoms with Crippen molar-refractivity contribution < 1.29 is 4.79 Å². The molecule has 2 heterocycles. The van der Waals surface area contributed by atoms with Crippen LogP contribution in [0.1, 0.15) is 44.9 Å². The predicted molar refractivity (Wildman–Crippen MR) is 127 cm³/mol. The number of aromatic nitrogens is 2. The summed E-state index contributed by atoms with van der Waals surface area (Å²) in [6, 6.07) is 0. The molecule has 4 rings (SSSR count). The number of rotatable bonds is 6. The van der Waals surface area contributed by atoms with Crippen LogP contribution in [-0.2, 0) is 11.3 Å². The van der Waals surface area contributed by atoms with Crippen LogP contribution in [0.4, 0.5) is 0 Å². The van der Waals surface area contributed by atoms with E-state index in [1.807, 2.05) is 18.7 Å². The maximum absolute atomic E-state index is 13.2. The number of imidazole rings is 1. The summed E-state index contributed by atoms with van der Waals surface area (Å²) in [6.45, 7) is 3.53. The van der Waals surface area contributed by atoms with Gasteiger partial charge in [0.05, 0.1) is 11.7 Å². The van der Waals surface area contributed by atoms with Gasteiger partial charge in [-0.2, -0.15) is 0 Å². The quantitative estimate of drug-likeness (QED) is 0.587. The van der Waals surface area contributed by atoms with Crippen LogP contribution in [0.25, 0.3) is 0 Å². The second kappa shape index (κ2) is 11.1. The molecule has 2 N–H and O–H groups in total. The Balaban J connectivity index is 1.37. The topological polar surface area (TPSA) is 59.0 Å². The highest BCUT2D eigenvalue weighted by atomic mass is 35.5. The van der Waals surface area contributed by atoms with Gasteiger partial charge in [0, 0.05) is 48.7 Å². The van der Waals surface area contributed by atoms with E-state index >= 15 is 0 Å². The summed E-state index contributed by atoms with van der Waals surface area (Å²) >= 11 is 19.3. The summed E-state index contributed by atoms with van der Waals surface area (Å²) < 4.78 is 2.15. The van der Waals surface area contributed by atoms with Gasteiger partial charge in [0.25, 0.3) is 0 Å². The molecule has 1 saturated heterocycles. The van der Waals surface area contributed by atoms with Crippen molar-refractivity contribution in [2.45, 2.75) is 67.6 Å². The van der Waals surface area contributed by atoms with Crippen molar-refractivity contribution in [3.05, 3.63) is 18.7 Å². The summed E-state index contributed by atoms with van der Waals surface area (Å²) in [5, 5.41) is 6.90. The molecule has 1 aromatic rings. The first kappa shape index (κ1) is 23.7. The van der Waals surface area contributed by atoms with Gasteiger partial charge in [-0.1, -0.05) is 0 Å². The predicted octanol–water partition coefficient (Wildman–Crippen LogP) is 4.26. The second-order valence-corrected chi connectivity index (χ2v) is 11.6. The highest BCUT2D eigenvalue weighted by Crippen LogP contribution is 2.42. The van der Waals surface area contributed by atoms with E-state index in [1.165, 1.54) is 0 Å². The first-order valence-electron chi connectivity index (χ1n) is 11.9. The van der Waals surface area contributed by atoms with Gasteiger partial charge < -0.3 is 15.2 Å². The van der Waals surface area contributed by atoms with E-state index in [-0.39, 0.29) is 28.0 Å². The molecule has 3 aliphatic rings. The fraction of sp³-hybridized carbons (Fsp3) is 0.826. The molecule has 2 aliphatic carbocycles. The SMILES string of the molecule is O=C(NCC1CCC(Cl)C(Cl)C1)C1CC(Cn2ccnc2)CC(C2CCNCC2Cl)C1. The van der Waals surface area contributed by atoms with E-state index in [9.17, 15) is 4.79 Å². The minimum Gasteiger partial charge on any atom is -0.356 e. The molecular weight excluding hydrogens is 455 g/mol. The van der Waals surface area contributed by atoms with Crippen molar-refractivity contribution in [3.8, 4) is 0 Å². The van der Waals surface area contributed by atoms with Crippen LogP contribution >= 0.6 is 34.8 Å². The van der Waals surface area contributed by atoms with E-state index < -0.39 is 0 Å². The lowest BCUT2D eigenvalue weighted by molar-refractivity contribution is -0.127. The molecule has 1 aliphatic heterocycles. The Hall–Kier alpha value is -0.490. The van der Waals surface area contributed by atoms with E-state index in [0.29, 0.717) is 30.2 Å². The number of alkyl halides is 3. The molecule has 1 aromatic heterocycles. The number of piperidine rings is 1. The van der Waals surface area contributed by atoms with Gasteiger partial charge >= 0.3 is 0 Å². The zero-order chi connectivity index (χ0) is 21.8. The Morgan fingerprint density at radius 1 is 1.03 bits per heavy atom. The Kier molecular flexibility index (Phi) is 8.46. The molecule has 3 fully saturated rings. The smallest absolute Gasteiger partial charge is 0.223 e. The highest BCUT2D eigenvalue weighted by Gasteiger charge is 2.39. The van der Waals surface area contributed by atoms with Crippen LogP contribution in [0.15, 0.2) is 18.7 Å². The average molecular weight is 490 g/mol. The molecule has 0 bridgehead atoms. The van der Waals surface area contributed by atoms with Crippen LogP contribution < -0.4 is 10.6 Å². The molecule has 5 nitrogen and oxygen atoms in total. The summed E-state index contributed by atoms with van der Waals surface area (Å²) in [7, 11) is 0. The fourth-order valence-corrected chi connectivity index (χ4v) is 7.04. The standard InChI is InChI=1S/C23H35Cl3N4O/c24-20-2-1-15(9-21(20)25)11-29-23(31)18-8-16(13-30-6-5-28-14-30)7-17(10-18)19-3-4-27-12-22(19)26/h5-6,14-22,27H,1-4,7-13H2,(H,29,31). The lowest BCUT2D eigenvalue weighted by atomic mass is 9.68. The van der Waals surface area contributed by atoms with Crippen molar-refractivity contribution in [2.75, 3.05) is 19.6 Å². The van der Waals surface area contributed by atoms with Gasteiger partial charge in [0.1, 0.15) is 0 Å². The van der Waals surface area contributed by atoms with Crippen molar-refractivity contribution >= 4 is 40.7 Å². The lowest BCUT2D eigenvalue weighted by Crippen LogP contribution is -2.45. The number of carbonyl (C=O) groups excluding carboxylic acids is 1. The Labute approximate surface area is 201 Å². The van der Waals surface area contributed by atoms with Crippen molar-refractivity contribution in [3.63, 3.8) is 0 Å². The van der Waals surface area contributed by atoms with E-state index in [2.05, 4.69) is 20.2 Å². The molecule has 31 heavy (non-hydrogen) atoms. The summed E-state index contributed by atoms with van der Waals surface area (Å²) in [6.07, 6.45) is 12.7. The molecule has 2 saturated carbocycles. The van der Waals surface area contributed by atoms with Gasteiger partial charge in [0.2, 0.25) is 5.91 Å². The fourth-order valence-electron chi connectivity index (χ4n) is 6.00. The van der Waals surface area contributed by atoms with E-state index in [4.69, 9.17) is 34.8 Å². The number of amides is 1. The number of hydrogen-bond donors (Lipinski definition) is 2. The van der Waals surface area contributed by atoms with Gasteiger partial charge in [-0.05, 0) is 75.2 Å². The minimum atomic E-state index is 0.0107. The van der Waals surface area contributed by atoms with Crippen LogP contribution in [0, 0.1) is 29.6 Å². The van der Waals surface area contributed by atoms with Gasteiger partial charge in [0.15, 0.2) is 0 Å². The number of carbonyl (C=O) groups is 1. The van der Waals surface area contributed by atoms with E-state index in [1.54, 1.807) is 0 Å². The number of hydrogen-bond acceptors (Lipinski definition) is 3. The third-order valence-corrected chi connectivity index (χ3v) is 9.28. The maximum Gasteiger partial charge on any atom is 0.223 e. The normalized spacial score (nSPS) is 39.2. The van der Waals surface area contributed by atoms with Crippen LogP contribution in [0.5, 0.6) is 0 Å². The van der Waals surface area contributed by atoms with Gasteiger partial charge in [-0.25, -0.2) is 4.98 Å². The van der Waals surface area contributed by atoms with Crippen LogP contribution in [0.2, 0.25) is 0 Å². The molecule has 0 radical (unpaired) electrons. The minimum absolute atomic E-state index is 0.0107. The zero-order valence-electron chi connectivity index (χ0n) is 18.1. The molecule has 8 atom stereocenters. The van der Waals surface area contributed by atoms with Crippen LogP contribution in [0.3, 0.4) is 0 Å².